The molecule has 3 rings (SSSR count). The molecule has 1 amide bonds. The molecule has 1 saturated heterocycles. The maximum Gasteiger partial charge on any atom is 0.237 e. The molecule has 0 saturated carbocycles. The summed E-state index contributed by atoms with van der Waals surface area (Å²) in [6, 6.07) is 14.5. The number of benzene rings is 2. The summed E-state index contributed by atoms with van der Waals surface area (Å²) >= 11 is 0. The fourth-order valence-corrected chi connectivity index (χ4v) is 2.66. The highest BCUT2D eigenvalue weighted by Crippen LogP contribution is 2.18. The number of carbonyl (C=O) groups excluding carboxylic acids is 1. The molecule has 3 nitrogen and oxygen atoms in total. The van der Waals surface area contributed by atoms with E-state index in [-0.39, 0.29) is 11.9 Å². The van der Waals surface area contributed by atoms with Crippen molar-refractivity contribution in [3.8, 4) is 0 Å². The van der Waals surface area contributed by atoms with Gasteiger partial charge in [0.25, 0.3) is 0 Å². The highest BCUT2D eigenvalue weighted by atomic mass is 16.2. The molecule has 0 unspecified atom stereocenters. The van der Waals surface area contributed by atoms with Gasteiger partial charge in [-0.05, 0) is 35.7 Å². The quantitative estimate of drug-likeness (QED) is 0.881. The lowest BCUT2D eigenvalue weighted by Crippen LogP contribution is -2.40. The zero-order valence-electron chi connectivity index (χ0n) is 10.9. The third-order valence-corrected chi connectivity index (χ3v) is 3.71. The third kappa shape index (κ3) is 2.61. The van der Waals surface area contributed by atoms with Crippen LogP contribution >= 0.6 is 0 Å². The molecule has 0 spiro atoms. The standard InChI is InChI=1S/C16H18N2O/c19-16(15-9-4-10-17-15)18-11-13-7-3-6-12-5-1-2-8-14(12)13/h1-3,5-8,15,17H,4,9-11H2,(H,18,19)/t15-/m1/s1. The van der Waals surface area contributed by atoms with E-state index in [0.29, 0.717) is 6.54 Å². The summed E-state index contributed by atoms with van der Waals surface area (Å²) in [5, 5.41) is 8.68. The van der Waals surface area contributed by atoms with Crippen LogP contribution < -0.4 is 10.6 Å². The summed E-state index contributed by atoms with van der Waals surface area (Å²) in [6.45, 7) is 1.55. The Hall–Kier alpha value is -1.87. The van der Waals surface area contributed by atoms with Gasteiger partial charge in [-0.15, -0.1) is 0 Å². The van der Waals surface area contributed by atoms with Crippen LogP contribution in [-0.4, -0.2) is 18.5 Å². The Balaban J connectivity index is 1.73. The van der Waals surface area contributed by atoms with Gasteiger partial charge in [-0.25, -0.2) is 0 Å². The van der Waals surface area contributed by atoms with Crippen molar-refractivity contribution < 1.29 is 4.79 Å². The van der Waals surface area contributed by atoms with Gasteiger partial charge >= 0.3 is 0 Å². The van der Waals surface area contributed by atoms with Gasteiger partial charge in [0.1, 0.15) is 0 Å². The Morgan fingerprint density at radius 1 is 1.21 bits per heavy atom. The summed E-state index contributed by atoms with van der Waals surface area (Å²) in [5.41, 5.74) is 1.17. The van der Waals surface area contributed by atoms with Gasteiger partial charge < -0.3 is 10.6 Å². The Bertz CT molecular complexity index is 583. The molecule has 1 aliphatic rings. The number of nitrogens with one attached hydrogen (secondary N) is 2. The summed E-state index contributed by atoms with van der Waals surface area (Å²) in [4.78, 5) is 12.0. The first-order valence-electron chi connectivity index (χ1n) is 6.82. The Labute approximate surface area is 113 Å². The van der Waals surface area contributed by atoms with Crippen LogP contribution in [0, 0.1) is 0 Å². The van der Waals surface area contributed by atoms with E-state index in [1.54, 1.807) is 0 Å². The minimum absolute atomic E-state index is 0.00465. The van der Waals surface area contributed by atoms with Crippen LogP contribution in [0.15, 0.2) is 42.5 Å². The molecule has 2 aromatic rings. The number of hydrogen-bond donors (Lipinski definition) is 2. The lowest BCUT2D eigenvalue weighted by atomic mass is 10.0. The van der Waals surface area contributed by atoms with E-state index < -0.39 is 0 Å². The normalized spacial score (nSPS) is 18.6. The van der Waals surface area contributed by atoms with Crippen molar-refractivity contribution in [2.75, 3.05) is 6.54 Å². The summed E-state index contributed by atoms with van der Waals surface area (Å²) in [5.74, 6) is 0.116. The van der Waals surface area contributed by atoms with Crippen LogP contribution in [0.25, 0.3) is 10.8 Å². The molecule has 19 heavy (non-hydrogen) atoms. The number of rotatable bonds is 3. The van der Waals surface area contributed by atoms with E-state index in [2.05, 4.69) is 34.9 Å². The van der Waals surface area contributed by atoms with Crippen LogP contribution in [0.3, 0.4) is 0 Å². The highest BCUT2D eigenvalue weighted by Gasteiger charge is 2.21. The molecule has 0 aliphatic carbocycles. The van der Waals surface area contributed by atoms with Crippen molar-refractivity contribution in [2.45, 2.75) is 25.4 Å². The van der Waals surface area contributed by atoms with Crippen LogP contribution in [0.4, 0.5) is 0 Å². The fourth-order valence-electron chi connectivity index (χ4n) is 2.66. The summed E-state index contributed by atoms with van der Waals surface area (Å²) in [7, 11) is 0. The number of hydrogen-bond acceptors (Lipinski definition) is 2. The molecule has 2 N–H and O–H groups in total. The van der Waals surface area contributed by atoms with Gasteiger partial charge in [-0.1, -0.05) is 42.5 Å². The molecular weight excluding hydrogens is 236 g/mol. The monoisotopic (exact) mass is 254 g/mol. The second-order valence-electron chi connectivity index (χ2n) is 5.01. The average Bonchev–Trinajstić information content (AvgIpc) is 2.99. The number of fused-ring (bicyclic) bond motifs is 1. The van der Waals surface area contributed by atoms with Crippen molar-refractivity contribution in [2.24, 2.45) is 0 Å². The van der Waals surface area contributed by atoms with E-state index in [9.17, 15) is 4.79 Å². The predicted octanol–water partition coefficient (Wildman–Crippen LogP) is 2.21. The average molecular weight is 254 g/mol. The zero-order chi connectivity index (χ0) is 13.1. The van der Waals surface area contributed by atoms with E-state index in [0.717, 1.165) is 19.4 Å². The molecule has 0 bridgehead atoms. The van der Waals surface area contributed by atoms with Crippen molar-refractivity contribution in [1.82, 2.24) is 10.6 Å². The van der Waals surface area contributed by atoms with Gasteiger partial charge in [-0.3, -0.25) is 4.79 Å². The molecular formula is C16H18N2O. The molecule has 1 aliphatic heterocycles. The molecule has 3 heteroatoms. The maximum atomic E-state index is 12.0. The van der Waals surface area contributed by atoms with Crippen LogP contribution in [0.2, 0.25) is 0 Å². The first-order valence-corrected chi connectivity index (χ1v) is 6.82. The Kier molecular flexibility index (Phi) is 3.47. The largest absolute Gasteiger partial charge is 0.351 e. The lowest BCUT2D eigenvalue weighted by Gasteiger charge is -2.12. The number of amides is 1. The van der Waals surface area contributed by atoms with Crippen LogP contribution in [-0.2, 0) is 11.3 Å². The van der Waals surface area contributed by atoms with E-state index in [1.165, 1.54) is 16.3 Å². The highest BCUT2D eigenvalue weighted by molar-refractivity contribution is 5.87. The molecule has 0 aromatic heterocycles. The van der Waals surface area contributed by atoms with Gasteiger partial charge in [0.15, 0.2) is 0 Å². The second kappa shape index (κ2) is 5.41. The van der Waals surface area contributed by atoms with Crippen molar-refractivity contribution in [1.29, 1.82) is 0 Å². The maximum absolute atomic E-state index is 12.0. The Morgan fingerprint density at radius 2 is 2.05 bits per heavy atom. The summed E-state index contributed by atoms with van der Waals surface area (Å²) in [6.07, 6.45) is 2.04. The van der Waals surface area contributed by atoms with E-state index >= 15 is 0 Å². The first-order chi connectivity index (χ1) is 9.34. The molecule has 2 aromatic carbocycles. The predicted molar refractivity (Wildman–Crippen MR) is 76.8 cm³/mol. The van der Waals surface area contributed by atoms with Gasteiger partial charge in [0.05, 0.1) is 6.04 Å². The topological polar surface area (TPSA) is 41.1 Å². The van der Waals surface area contributed by atoms with Crippen LogP contribution in [0.5, 0.6) is 0 Å². The van der Waals surface area contributed by atoms with Gasteiger partial charge in [0, 0.05) is 6.54 Å². The third-order valence-electron chi connectivity index (χ3n) is 3.71. The first kappa shape index (κ1) is 12.2. The fraction of sp³-hybridized carbons (Fsp3) is 0.312. The molecule has 1 fully saturated rings. The minimum atomic E-state index is -0.00465. The van der Waals surface area contributed by atoms with Gasteiger partial charge in [0.2, 0.25) is 5.91 Å². The van der Waals surface area contributed by atoms with E-state index in [4.69, 9.17) is 0 Å². The molecule has 1 atom stereocenters. The van der Waals surface area contributed by atoms with Crippen molar-refractivity contribution >= 4 is 16.7 Å². The SMILES string of the molecule is O=C(NCc1cccc2ccccc12)[C@H]1CCCN1. The van der Waals surface area contributed by atoms with Crippen molar-refractivity contribution in [3.05, 3.63) is 48.0 Å². The lowest BCUT2D eigenvalue weighted by molar-refractivity contribution is -0.122. The zero-order valence-corrected chi connectivity index (χ0v) is 10.9. The Morgan fingerprint density at radius 3 is 2.89 bits per heavy atom. The van der Waals surface area contributed by atoms with E-state index in [1.807, 2.05) is 18.2 Å². The summed E-state index contributed by atoms with van der Waals surface area (Å²) < 4.78 is 0. The van der Waals surface area contributed by atoms with Gasteiger partial charge in [-0.2, -0.15) is 0 Å². The molecule has 1 heterocycles. The molecule has 0 radical (unpaired) electrons. The smallest absolute Gasteiger partial charge is 0.237 e. The van der Waals surface area contributed by atoms with Crippen LogP contribution in [0.1, 0.15) is 18.4 Å². The number of carbonyl (C=O) groups is 1. The second-order valence-corrected chi connectivity index (χ2v) is 5.01. The van der Waals surface area contributed by atoms with Crippen molar-refractivity contribution in [3.63, 3.8) is 0 Å². The minimum Gasteiger partial charge on any atom is -0.351 e. The molecule has 98 valence electrons.